The summed E-state index contributed by atoms with van der Waals surface area (Å²) in [7, 11) is 0. The molecule has 0 radical (unpaired) electrons. The van der Waals surface area contributed by atoms with Crippen molar-refractivity contribution in [2.45, 2.75) is 18.5 Å². The van der Waals surface area contributed by atoms with Gasteiger partial charge in [-0.3, -0.25) is 0 Å². The van der Waals surface area contributed by atoms with Gasteiger partial charge in [0.1, 0.15) is 5.67 Å². The third-order valence-electron chi connectivity index (χ3n) is 3.18. The lowest BCUT2D eigenvalue weighted by atomic mass is 9.76. The van der Waals surface area contributed by atoms with E-state index in [1.165, 1.54) is 0 Å². The number of rotatable bonds is 1. The quantitative estimate of drug-likeness (QED) is 0.597. The van der Waals surface area contributed by atoms with Crippen LogP contribution < -0.4 is 5.73 Å². The SMILES string of the molecule is NCC1CN2CCC1(F)CC2. The van der Waals surface area contributed by atoms with Crippen molar-refractivity contribution in [1.82, 2.24) is 4.90 Å². The number of halogens is 1. The summed E-state index contributed by atoms with van der Waals surface area (Å²) < 4.78 is 13.9. The highest BCUT2D eigenvalue weighted by Gasteiger charge is 2.46. The van der Waals surface area contributed by atoms with E-state index in [4.69, 9.17) is 5.73 Å². The highest BCUT2D eigenvalue weighted by Crippen LogP contribution is 2.39. The second-order valence-corrected chi connectivity index (χ2v) is 3.77. The number of hydrogen-bond acceptors (Lipinski definition) is 2. The summed E-state index contributed by atoms with van der Waals surface area (Å²) in [6.45, 7) is 3.26. The predicted molar refractivity (Wildman–Crippen MR) is 42.1 cm³/mol. The van der Waals surface area contributed by atoms with Gasteiger partial charge in [-0.25, -0.2) is 4.39 Å². The largest absolute Gasteiger partial charge is 0.330 e. The van der Waals surface area contributed by atoms with Crippen LogP contribution in [0.3, 0.4) is 0 Å². The highest BCUT2D eigenvalue weighted by atomic mass is 19.1. The number of nitrogens with zero attached hydrogens (tertiary/aromatic N) is 1. The van der Waals surface area contributed by atoms with Crippen LogP contribution in [0.1, 0.15) is 12.8 Å². The number of fused-ring (bicyclic) bond motifs is 3. The molecular weight excluding hydrogens is 143 g/mol. The monoisotopic (exact) mass is 158 g/mol. The first kappa shape index (κ1) is 7.50. The van der Waals surface area contributed by atoms with E-state index < -0.39 is 5.67 Å². The van der Waals surface area contributed by atoms with E-state index in [1.807, 2.05) is 0 Å². The number of nitrogens with two attached hydrogens (primary N) is 1. The Kier molecular flexibility index (Phi) is 1.65. The van der Waals surface area contributed by atoms with Gasteiger partial charge in [-0.2, -0.15) is 0 Å². The molecule has 0 saturated carbocycles. The van der Waals surface area contributed by atoms with Gasteiger partial charge in [0.05, 0.1) is 0 Å². The molecule has 2 nitrogen and oxygen atoms in total. The number of alkyl halides is 1. The topological polar surface area (TPSA) is 29.3 Å². The van der Waals surface area contributed by atoms with Crippen LogP contribution in [0.15, 0.2) is 0 Å². The Bertz CT molecular complexity index is 152. The minimum Gasteiger partial charge on any atom is -0.330 e. The molecule has 3 aliphatic rings. The van der Waals surface area contributed by atoms with Crippen LogP contribution in [0.5, 0.6) is 0 Å². The van der Waals surface area contributed by atoms with E-state index in [0.29, 0.717) is 19.4 Å². The lowest BCUT2D eigenvalue weighted by molar-refractivity contribution is -0.0558. The lowest BCUT2D eigenvalue weighted by Crippen LogP contribution is -2.58. The van der Waals surface area contributed by atoms with Crippen LogP contribution in [0.4, 0.5) is 4.39 Å². The van der Waals surface area contributed by atoms with Crippen LogP contribution >= 0.6 is 0 Å². The van der Waals surface area contributed by atoms with Crippen LogP contribution in [0, 0.1) is 5.92 Å². The Morgan fingerprint density at radius 3 is 2.45 bits per heavy atom. The summed E-state index contributed by atoms with van der Waals surface area (Å²) in [4.78, 5) is 2.32. The van der Waals surface area contributed by atoms with E-state index in [9.17, 15) is 4.39 Å². The predicted octanol–water partition coefficient (Wildman–Crippen LogP) is 0.379. The van der Waals surface area contributed by atoms with Gasteiger partial charge in [0, 0.05) is 25.6 Å². The maximum Gasteiger partial charge on any atom is 0.118 e. The lowest BCUT2D eigenvalue weighted by Gasteiger charge is -2.48. The Morgan fingerprint density at radius 1 is 1.45 bits per heavy atom. The van der Waals surface area contributed by atoms with Gasteiger partial charge in [0.25, 0.3) is 0 Å². The molecule has 11 heavy (non-hydrogen) atoms. The van der Waals surface area contributed by atoms with Gasteiger partial charge >= 0.3 is 0 Å². The molecule has 3 heteroatoms. The summed E-state index contributed by atoms with van der Waals surface area (Å²) in [5.74, 6) is 0.102. The van der Waals surface area contributed by atoms with Gasteiger partial charge in [-0.05, 0) is 19.4 Å². The van der Waals surface area contributed by atoms with Crippen molar-refractivity contribution >= 4 is 0 Å². The first-order valence-electron chi connectivity index (χ1n) is 4.36. The van der Waals surface area contributed by atoms with Crippen molar-refractivity contribution in [2.24, 2.45) is 11.7 Å². The zero-order chi connectivity index (χ0) is 7.90. The van der Waals surface area contributed by atoms with Crippen LogP contribution in [0.2, 0.25) is 0 Å². The van der Waals surface area contributed by atoms with Crippen LogP contribution in [0.25, 0.3) is 0 Å². The van der Waals surface area contributed by atoms with Crippen molar-refractivity contribution in [3.8, 4) is 0 Å². The fourth-order valence-electron chi connectivity index (χ4n) is 2.28. The van der Waals surface area contributed by atoms with Crippen LogP contribution in [-0.4, -0.2) is 36.7 Å². The molecule has 0 aromatic heterocycles. The number of hydrogen-bond donors (Lipinski definition) is 1. The molecule has 2 N–H and O–H groups in total. The van der Waals surface area contributed by atoms with Gasteiger partial charge in [-0.15, -0.1) is 0 Å². The van der Waals surface area contributed by atoms with E-state index in [2.05, 4.69) is 4.90 Å². The highest BCUT2D eigenvalue weighted by molar-refractivity contribution is 4.99. The van der Waals surface area contributed by atoms with Gasteiger partial charge in [-0.1, -0.05) is 0 Å². The molecule has 0 aromatic rings. The van der Waals surface area contributed by atoms with Crippen molar-refractivity contribution < 1.29 is 4.39 Å². The maximum atomic E-state index is 13.9. The minimum atomic E-state index is -0.913. The zero-order valence-corrected chi connectivity index (χ0v) is 6.72. The fourth-order valence-corrected chi connectivity index (χ4v) is 2.28. The van der Waals surface area contributed by atoms with Crippen molar-refractivity contribution in [3.05, 3.63) is 0 Å². The first-order chi connectivity index (χ1) is 5.24. The fraction of sp³-hybridized carbons (Fsp3) is 1.00. The second kappa shape index (κ2) is 2.42. The minimum absolute atomic E-state index is 0.102. The van der Waals surface area contributed by atoms with Crippen LogP contribution in [-0.2, 0) is 0 Å². The molecule has 0 aliphatic carbocycles. The molecule has 1 unspecified atom stereocenters. The molecule has 3 heterocycles. The molecule has 0 amide bonds. The van der Waals surface area contributed by atoms with Gasteiger partial charge in [0.15, 0.2) is 0 Å². The van der Waals surface area contributed by atoms with E-state index in [1.54, 1.807) is 0 Å². The van der Waals surface area contributed by atoms with Crippen molar-refractivity contribution in [3.63, 3.8) is 0 Å². The third kappa shape index (κ3) is 1.07. The summed E-state index contributed by atoms with van der Waals surface area (Å²) in [5.41, 5.74) is 4.60. The Hall–Kier alpha value is -0.150. The molecule has 3 saturated heterocycles. The van der Waals surface area contributed by atoms with E-state index >= 15 is 0 Å². The van der Waals surface area contributed by atoms with Crippen molar-refractivity contribution in [2.75, 3.05) is 26.2 Å². The Labute approximate surface area is 66.5 Å². The molecule has 3 rings (SSSR count). The Balaban J connectivity index is 2.13. The molecule has 1 atom stereocenters. The molecule has 2 bridgehead atoms. The maximum absolute atomic E-state index is 13.9. The average Bonchev–Trinajstić information content (AvgIpc) is 2.05. The average molecular weight is 158 g/mol. The summed E-state index contributed by atoms with van der Waals surface area (Å²) in [5, 5.41) is 0. The van der Waals surface area contributed by atoms with E-state index in [0.717, 1.165) is 19.6 Å². The third-order valence-corrected chi connectivity index (χ3v) is 3.18. The van der Waals surface area contributed by atoms with Crippen molar-refractivity contribution in [1.29, 1.82) is 0 Å². The van der Waals surface area contributed by atoms with Gasteiger partial charge < -0.3 is 10.6 Å². The molecule has 64 valence electrons. The normalized spacial score (nSPS) is 49.6. The standard InChI is InChI=1S/C8H15FN2/c9-8-1-3-11(4-2-8)6-7(8)5-10/h7H,1-6,10H2. The summed E-state index contributed by atoms with van der Waals surface area (Å²) in [6.07, 6.45) is 1.41. The Morgan fingerprint density at radius 2 is 2.09 bits per heavy atom. The first-order valence-corrected chi connectivity index (χ1v) is 4.36. The smallest absolute Gasteiger partial charge is 0.118 e. The molecule has 0 spiro atoms. The zero-order valence-electron chi connectivity index (χ0n) is 6.72. The summed E-state index contributed by atoms with van der Waals surface area (Å²) in [6, 6.07) is 0. The second-order valence-electron chi connectivity index (χ2n) is 3.77. The molecule has 3 aliphatic heterocycles. The molecular formula is C8H15FN2. The van der Waals surface area contributed by atoms with E-state index in [-0.39, 0.29) is 5.92 Å². The molecule has 3 fully saturated rings. The van der Waals surface area contributed by atoms with Gasteiger partial charge in [0.2, 0.25) is 0 Å². The number of piperidine rings is 3. The summed E-state index contributed by atoms with van der Waals surface area (Å²) >= 11 is 0. The molecule has 0 aromatic carbocycles.